The standard InChI is InChI=1S/C29H58B/c1-3-5-7-9-17-21-25-28(24-20-8-6-4-2)30-29-26-22-18-15-13-11-10-12-14-16-19-23-27-29/h28-29H,3-27H2,1-2H3. The SMILES string of the molecule is CCCCCCCCC([B]C1CCCCCCCCCCCCC1)CCCCCC. The fraction of sp³-hybridized carbons (Fsp3) is 1.00. The van der Waals surface area contributed by atoms with Crippen molar-refractivity contribution in [2.45, 2.75) is 186 Å². The molecule has 30 heavy (non-hydrogen) atoms. The van der Waals surface area contributed by atoms with E-state index in [1.54, 1.807) is 0 Å². The van der Waals surface area contributed by atoms with Crippen molar-refractivity contribution in [3.05, 3.63) is 0 Å². The first kappa shape index (κ1) is 28.1. The zero-order valence-electron chi connectivity index (χ0n) is 21.4. The Balaban J connectivity index is 2.42. The third-order valence-electron chi connectivity index (χ3n) is 7.55. The van der Waals surface area contributed by atoms with Gasteiger partial charge in [0.2, 0.25) is 0 Å². The van der Waals surface area contributed by atoms with Crippen molar-refractivity contribution in [2.75, 3.05) is 0 Å². The second-order valence-electron chi connectivity index (χ2n) is 10.6. The van der Waals surface area contributed by atoms with Crippen LogP contribution in [0.4, 0.5) is 0 Å². The first-order valence-electron chi connectivity index (χ1n) is 14.7. The van der Waals surface area contributed by atoms with E-state index < -0.39 is 0 Å². The van der Waals surface area contributed by atoms with E-state index in [0.29, 0.717) is 0 Å². The molecule has 1 radical (unpaired) electrons. The van der Waals surface area contributed by atoms with Crippen molar-refractivity contribution in [2.24, 2.45) is 0 Å². The van der Waals surface area contributed by atoms with Gasteiger partial charge in [0.15, 0.2) is 0 Å². The fourth-order valence-electron chi connectivity index (χ4n) is 5.48. The van der Waals surface area contributed by atoms with Gasteiger partial charge in [0.05, 0.1) is 0 Å². The van der Waals surface area contributed by atoms with Gasteiger partial charge in [-0.15, -0.1) is 0 Å². The summed E-state index contributed by atoms with van der Waals surface area (Å²) in [4.78, 5) is 0. The lowest BCUT2D eigenvalue weighted by molar-refractivity contribution is 0.494. The van der Waals surface area contributed by atoms with Crippen molar-refractivity contribution in [3.8, 4) is 0 Å². The summed E-state index contributed by atoms with van der Waals surface area (Å²) in [5.74, 6) is 1.83. The Hall–Kier alpha value is 0.0649. The molecule has 0 nitrogen and oxygen atoms in total. The maximum Gasteiger partial charge on any atom is 0.117 e. The molecule has 1 atom stereocenters. The van der Waals surface area contributed by atoms with Crippen LogP contribution in [0, 0.1) is 0 Å². The van der Waals surface area contributed by atoms with Crippen LogP contribution in [0.1, 0.15) is 174 Å². The van der Waals surface area contributed by atoms with Gasteiger partial charge in [0.1, 0.15) is 7.28 Å². The Morgan fingerprint density at radius 3 is 1.33 bits per heavy atom. The molecule has 1 fully saturated rings. The lowest BCUT2D eigenvalue weighted by Gasteiger charge is -2.23. The summed E-state index contributed by atoms with van der Waals surface area (Å²) >= 11 is 0. The van der Waals surface area contributed by atoms with Crippen LogP contribution < -0.4 is 0 Å². The van der Waals surface area contributed by atoms with E-state index >= 15 is 0 Å². The molecular weight excluding hydrogens is 359 g/mol. The average Bonchev–Trinajstić information content (AvgIpc) is 2.75. The van der Waals surface area contributed by atoms with Crippen LogP contribution in [0.25, 0.3) is 0 Å². The lowest BCUT2D eigenvalue weighted by atomic mass is 9.50. The van der Waals surface area contributed by atoms with Crippen molar-refractivity contribution < 1.29 is 0 Å². The fourth-order valence-corrected chi connectivity index (χ4v) is 5.48. The van der Waals surface area contributed by atoms with Gasteiger partial charge >= 0.3 is 0 Å². The molecule has 0 aromatic carbocycles. The highest BCUT2D eigenvalue weighted by atomic mass is 14.1. The molecule has 0 spiro atoms. The topological polar surface area (TPSA) is 0 Å². The minimum Gasteiger partial charge on any atom is -0.0686 e. The Labute approximate surface area is 193 Å². The maximum atomic E-state index is 2.89. The van der Waals surface area contributed by atoms with Gasteiger partial charge in [-0.05, 0) is 0 Å². The van der Waals surface area contributed by atoms with Gasteiger partial charge in [-0.25, -0.2) is 0 Å². The monoisotopic (exact) mass is 417 g/mol. The summed E-state index contributed by atoms with van der Waals surface area (Å²) in [5, 5.41) is 0. The highest BCUT2D eigenvalue weighted by Gasteiger charge is 2.18. The van der Waals surface area contributed by atoms with E-state index in [-0.39, 0.29) is 0 Å². The number of rotatable bonds is 14. The van der Waals surface area contributed by atoms with Crippen LogP contribution in [-0.2, 0) is 0 Å². The molecule has 1 rings (SSSR count). The van der Waals surface area contributed by atoms with E-state index in [1.165, 1.54) is 161 Å². The Kier molecular flexibility index (Phi) is 20.9. The van der Waals surface area contributed by atoms with Gasteiger partial charge in [-0.2, -0.15) is 0 Å². The van der Waals surface area contributed by atoms with Crippen LogP contribution in [0.15, 0.2) is 0 Å². The Bertz CT molecular complexity index is 312. The van der Waals surface area contributed by atoms with Gasteiger partial charge in [0, 0.05) is 0 Å². The molecule has 1 unspecified atom stereocenters. The predicted molar refractivity (Wildman–Crippen MR) is 140 cm³/mol. The smallest absolute Gasteiger partial charge is 0.0686 e. The maximum absolute atomic E-state index is 2.89. The molecule has 1 saturated carbocycles. The molecule has 1 heteroatoms. The second kappa shape index (κ2) is 22.3. The van der Waals surface area contributed by atoms with E-state index in [1.807, 2.05) is 0 Å². The summed E-state index contributed by atoms with van der Waals surface area (Å²) in [7, 11) is 2.89. The normalized spacial score (nSPS) is 19.3. The van der Waals surface area contributed by atoms with Crippen LogP contribution in [0.5, 0.6) is 0 Å². The minimum atomic E-state index is 0.914. The van der Waals surface area contributed by atoms with Gasteiger partial charge in [0.25, 0.3) is 0 Å². The molecule has 0 aromatic rings. The summed E-state index contributed by atoms with van der Waals surface area (Å²) in [6.07, 6.45) is 36.8. The van der Waals surface area contributed by atoms with Crippen LogP contribution >= 0.6 is 0 Å². The minimum absolute atomic E-state index is 0.914. The summed E-state index contributed by atoms with van der Waals surface area (Å²) in [5.41, 5.74) is 0. The molecule has 0 saturated heterocycles. The molecule has 1 aliphatic carbocycles. The van der Waals surface area contributed by atoms with Crippen molar-refractivity contribution in [3.63, 3.8) is 0 Å². The zero-order valence-corrected chi connectivity index (χ0v) is 21.4. The molecule has 0 bridgehead atoms. The van der Waals surface area contributed by atoms with Gasteiger partial charge < -0.3 is 0 Å². The van der Waals surface area contributed by atoms with E-state index in [0.717, 1.165) is 11.6 Å². The van der Waals surface area contributed by atoms with Crippen molar-refractivity contribution in [1.29, 1.82) is 0 Å². The molecule has 0 N–H and O–H groups in total. The Morgan fingerprint density at radius 1 is 0.500 bits per heavy atom. The van der Waals surface area contributed by atoms with Crippen molar-refractivity contribution in [1.82, 2.24) is 0 Å². The zero-order chi connectivity index (χ0) is 21.5. The molecule has 0 heterocycles. The summed E-state index contributed by atoms with van der Waals surface area (Å²) in [6, 6.07) is 0. The quantitative estimate of drug-likeness (QED) is 0.195. The molecule has 0 aromatic heterocycles. The molecular formula is C29H58B. The molecule has 0 amide bonds. The van der Waals surface area contributed by atoms with Gasteiger partial charge in [-0.3, -0.25) is 0 Å². The lowest BCUT2D eigenvalue weighted by Crippen LogP contribution is -2.13. The van der Waals surface area contributed by atoms with Crippen LogP contribution in [0.2, 0.25) is 11.6 Å². The van der Waals surface area contributed by atoms with Gasteiger partial charge in [-0.1, -0.05) is 186 Å². The summed E-state index contributed by atoms with van der Waals surface area (Å²) < 4.78 is 0. The molecule has 1 aliphatic rings. The third kappa shape index (κ3) is 17.7. The number of hydrogen-bond donors (Lipinski definition) is 0. The number of hydrogen-bond acceptors (Lipinski definition) is 0. The predicted octanol–water partition coefficient (Wildman–Crippen LogP) is 11.1. The largest absolute Gasteiger partial charge is 0.117 e. The molecule has 0 aliphatic heterocycles. The third-order valence-corrected chi connectivity index (χ3v) is 7.55. The highest BCUT2D eigenvalue weighted by molar-refractivity contribution is 6.39. The Morgan fingerprint density at radius 2 is 0.867 bits per heavy atom. The first-order chi connectivity index (χ1) is 14.9. The number of unbranched alkanes of at least 4 members (excludes halogenated alkanes) is 8. The first-order valence-corrected chi connectivity index (χ1v) is 14.7. The molecule has 177 valence electrons. The highest BCUT2D eigenvalue weighted by Crippen LogP contribution is 2.32. The van der Waals surface area contributed by atoms with Crippen LogP contribution in [-0.4, -0.2) is 7.28 Å². The van der Waals surface area contributed by atoms with E-state index in [4.69, 9.17) is 0 Å². The van der Waals surface area contributed by atoms with E-state index in [2.05, 4.69) is 21.1 Å². The van der Waals surface area contributed by atoms with Crippen molar-refractivity contribution >= 4 is 7.28 Å². The average molecular weight is 418 g/mol. The van der Waals surface area contributed by atoms with E-state index in [9.17, 15) is 0 Å². The van der Waals surface area contributed by atoms with Crippen LogP contribution in [0.3, 0.4) is 0 Å². The summed E-state index contributed by atoms with van der Waals surface area (Å²) in [6.45, 7) is 4.67. The second-order valence-corrected chi connectivity index (χ2v) is 10.6.